The largest absolute Gasteiger partial charge is 0.302 e. The Morgan fingerprint density at radius 1 is 1.35 bits per heavy atom. The first-order valence-electron chi connectivity index (χ1n) is 6.53. The van der Waals surface area contributed by atoms with Gasteiger partial charge in [-0.2, -0.15) is 0 Å². The molecule has 4 heteroatoms. The fraction of sp³-hybridized carbons (Fsp3) is 0.250. The Hall–Kier alpha value is -2.36. The lowest BCUT2D eigenvalue weighted by Gasteiger charge is -2.04. The Morgan fingerprint density at radius 3 is 2.75 bits per heavy atom. The van der Waals surface area contributed by atoms with Gasteiger partial charge in [0.05, 0.1) is 25.2 Å². The lowest BCUT2D eigenvalue weighted by Crippen LogP contribution is -2.42. The van der Waals surface area contributed by atoms with Crippen LogP contribution in [0.25, 0.3) is 0 Å². The Kier molecular flexibility index (Phi) is 6.82. The fourth-order valence-electron chi connectivity index (χ4n) is 1.88. The number of aliphatic imine (C=N–C) groups is 1. The van der Waals surface area contributed by atoms with Crippen molar-refractivity contribution in [3.05, 3.63) is 62.4 Å². The number of rotatable bonds is 8. The number of aromatic nitrogens is 2. The number of amidine groups is 1. The summed E-state index contributed by atoms with van der Waals surface area (Å²) >= 11 is 0. The monoisotopic (exact) mass is 270 g/mol. The third-order valence-electron chi connectivity index (χ3n) is 2.88. The molecule has 0 saturated heterocycles. The molecule has 104 valence electrons. The molecular formula is C16H22N4+2. The predicted molar refractivity (Wildman–Crippen MR) is 83.0 cm³/mol. The van der Waals surface area contributed by atoms with E-state index in [9.17, 15) is 0 Å². The molecule has 0 radical (unpaired) electrons. The van der Waals surface area contributed by atoms with Crippen molar-refractivity contribution >= 4 is 12.6 Å². The number of nitrogens with zero attached hydrogens (tertiary/aromatic N) is 4. The third kappa shape index (κ3) is 4.39. The standard InChI is InChI=1S/C16H22N4/c1-5-9-15(17-4)19(7-3)13-14-20-12-8-11-18-16(20)10-6-2/h5-8,11-12H,1-4,9-10,13-14H2/q+2. The average Bonchev–Trinajstić information content (AvgIpc) is 2.48. The van der Waals surface area contributed by atoms with Gasteiger partial charge in [0, 0.05) is 6.07 Å². The second-order valence-electron chi connectivity index (χ2n) is 4.17. The average molecular weight is 270 g/mol. The van der Waals surface area contributed by atoms with Crippen LogP contribution in [0.4, 0.5) is 0 Å². The first-order chi connectivity index (χ1) is 9.76. The molecule has 1 rings (SSSR count). The van der Waals surface area contributed by atoms with Crippen molar-refractivity contribution in [1.29, 1.82) is 0 Å². The van der Waals surface area contributed by atoms with Crippen molar-refractivity contribution in [2.45, 2.75) is 19.4 Å². The number of hydrogen-bond donors (Lipinski definition) is 0. The minimum Gasteiger partial charge on any atom is -0.231 e. The smallest absolute Gasteiger partial charge is 0.231 e. The van der Waals surface area contributed by atoms with Gasteiger partial charge in [0.1, 0.15) is 26.0 Å². The maximum atomic E-state index is 4.36. The van der Waals surface area contributed by atoms with E-state index in [1.165, 1.54) is 0 Å². The first-order valence-corrected chi connectivity index (χ1v) is 6.53. The van der Waals surface area contributed by atoms with Gasteiger partial charge in [0.15, 0.2) is 0 Å². The van der Waals surface area contributed by atoms with Crippen molar-refractivity contribution in [3.8, 4) is 0 Å². The lowest BCUT2D eigenvalue weighted by atomic mass is 10.3. The summed E-state index contributed by atoms with van der Waals surface area (Å²) in [6.45, 7) is 16.4. The summed E-state index contributed by atoms with van der Waals surface area (Å²) in [5, 5.41) is 0. The van der Waals surface area contributed by atoms with E-state index in [2.05, 4.69) is 41.0 Å². The summed E-state index contributed by atoms with van der Waals surface area (Å²) in [5.74, 6) is 1.84. The van der Waals surface area contributed by atoms with Crippen molar-refractivity contribution in [1.82, 2.24) is 4.98 Å². The van der Waals surface area contributed by atoms with Crippen LogP contribution in [0.1, 0.15) is 12.2 Å². The molecule has 0 fully saturated rings. The molecule has 1 heterocycles. The molecule has 0 unspecified atom stereocenters. The van der Waals surface area contributed by atoms with Gasteiger partial charge < -0.3 is 0 Å². The molecule has 0 aliphatic heterocycles. The molecule has 0 bridgehead atoms. The van der Waals surface area contributed by atoms with Crippen LogP contribution >= 0.6 is 0 Å². The van der Waals surface area contributed by atoms with Gasteiger partial charge in [-0.05, 0) is 0 Å². The minimum atomic E-state index is 0.673. The van der Waals surface area contributed by atoms with E-state index in [4.69, 9.17) is 0 Å². The van der Waals surface area contributed by atoms with Crippen LogP contribution in [0.2, 0.25) is 0 Å². The van der Waals surface area contributed by atoms with Crippen molar-refractivity contribution in [3.63, 3.8) is 0 Å². The van der Waals surface area contributed by atoms with E-state index in [0.717, 1.165) is 31.2 Å². The maximum Gasteiger partial charge on any atom is 0.302 e. The Morgan fingerprint density at radius 2 is 2.15 bits per heavy atom. The Balaban J connectivity index is 2.88. The van der Waals surface area contributed by atoms with Crippen LogP contribution in [0.3, 0.4) is 0 Å². The summed E-state index contributed by atoms with van der Waals surface area (Å²) in [4.78, 5) is 8.39. The minimum absolute atomic E-state index is 0.673. The van der Waals surface area contributed by atoms with Crippen LogP contribution in [-0.2, 0) is 13.0 Å². The summed E-state index contributed by atoms with van der Waals surface area (Å²) in [6, 6.07) is 1.92. The second kappa shape index (κ2) is 8.69. The zero-order valence-electron chi connectivity index (χ0n) is 11.9. The van der Waals surface area contributed by atoms with Crippen molar-refractivity contribution in [2.24, 2.45) is 4.99 Å². The van der Waals surface area contributed by atoms with E-state index in [0.29, 0.717) is 6.42 Å². The van der Waals surface area contributed by atoms with Gasteiger partial charge in [-0.3, -0.25) is 0 Å². The van der Waals surface area contributed by atoms with E-state index in [1.54, 1.807) is 18.5 Å². The lowest BCUT2D eigenvalue weighted by molar-refractivity contribution is -0.725. The fourth-order valence-corrected chi connectivity index (χ4v) is 1.88. The van der Waals surface area contributed by atoms with Gasteiger partial charge in [0.25, 0.3) is 0 Å². The highest BCUT2D eigenvalue weighted by molar-refractivity contribution is 5.83. The van der Waals surface area contributed by atoms with E-state index in [1.807, 2.05) is 22.9 Å². The van der Waals surface area contributed by atoms with Gasteiger partial charge in [0.2, 0.25) is 0 Å². The summed E-state index contributed by atoms with van der Waals surface area (Å²) in [5.41, 5.74) is 0. The van der Waals surface area contributed by atoms with Crippen LogP contribution in [-0.4, -0.2) is 28.7 Å². The molecular weight excluding hydrogens is 248 g/mol. The summed E-state index contributed by atoms with van der Waals surface area (Å²) < 4.78 is 4.08. The molecule has 0 saturated carbocycles. The van der Waals surface area contributed by atoms with E-state index >= 15 is 0 Å². The quantitative estimate of drug-likeness (QED) is 0.307. The normalized spacial score (nSPS) is 11.4. The van der Waals surface area contributed by atoms with E-state index in [-0.39, 0.29) is 0 Å². The second-order valence-corrected chi connectivity index (χ2v) is 4.17. The van der Waals surface area contributed by atoms with Crippen molar-refractivity contribution in [2.75, 3.05) is 6.54 Å². The van der Waals surface area contributed by atoms with E-state index < -0.39 is 0 Å². The number of hydrogen-bond acceptors (Lipinski definition) is 1. The molecule has 0 N–H and O–H groups in total. The van der Waals surface area contributed by atoms with Crippen LogP contribution in [0, 0.1) is 0 Å². The molecule has 0 spiro atoms. The molecule has 0 amide bonds. The topological polar surface area (TPSA) is 32.1 Å². The van der Waals surface area contributed by atoms with Crippen molar-refractivity contribution < 1.29 is 9.14 Å². The van der Waals surface area contributed by atoms with Gasteiger partial charge in [-0.15, -0.1) is 13.2 Å². The zero-order chi connectivity index (χ0) is 14.8. The molecule has 0 aliphatic rings. The first kappa shape index (κ1) is 15.7. The third-order valence-corrected chi connectivity index (χ3v) is 2.88. The Labute approximate surface area is 120 Å². The molecule has 1 aromatic heterocycles. The Bertz CT molecular complexity index is 529. The van der Waals surface area contributed by atoms with Gasteiger partial charge >= 0.3 is 11.7 Å². The summed E-state index contributed by atoms with van der Waals surface area (Å²) in [6.07, 6.45) is 10.6. The molecule has 20 heavy (non-hydrogen) atoms. The summed E-state index contributed by atoms with van der Waals surface area (Å²) in [7, 11) is 0. The molecule has 0 aliphatic carbocycles. The van der Waals surface area contributed by atoms with Crippen LogP contribution in [0.5, 0.6) is 0 Å². The highest BCUT2D eigenvalue weighted by Gasteiger charge is 2.13. The SMILES string of the molecule is C=CCC(N=C)=[N+](C=C)CC[n+]1cccnc1CC=C. The molecule has 0 atom stereocenters. The van der Waals surface area contributed by atoms with Gasteiger partial charge in [-0.1, -0.05) is 28.7 Å². The highest BCUT2D eigenvalue weighted by Crippen LogP contribution is 1.93. The molecule has 0 aromatic carbocycles. The van der Waals surface area contributed by atoms with Crippen LogP contribution < -0.4 is 4.57 Å². The molecule has 4 nitrogen and oxygen atoms in total. The molecule has 1 aromatic rings. The van der Waals surface area contributed by atoms with Gasteiger partial charge in [-0.25, -0.2) is 9.14 Å². The van der Waals surface area contributed by atoms with Crippen LogP contribution in [0.15, 0.2) is 61.5 Å². The zero-order valence-corrected chi connectivity index (χ0v) is 11.9. The predicted octanol–water partition coefficient (Wildman–Crippen LogP) is 1.93. The highest BCUT2D eigenvalue weighted by atomic mass is 15.1. The maximum absolute atomic E-state index is 4.36. The number of allylic oxidation sites excluding steroid dienone is 1.